The third kappa shape index (κ3) is 2.27. The van der Waals surface area contributed by atoms with Crippen LogP contribution in [-0.2, 0) is 0 Å². The van der Waals surface area contributed by atoms with E-state index in [1.165, 1.54) is 12.8 Å². The number of aryl methyl sites for hydroxylation is 2. The number of fused-ring (bicyclic) bond motifs is 2. The van der Waals surface area contributed by atoms with Gasteiger partial charge in [-0.15, -0.1) is 0 Å². The Balaban J connectivity index is 1.91. The molecule has 0 radical (unpaired) electrons. The molecular weight excluding hydrogens is 248 g/mol. The summed E-state index contributed by atoms with van der Waals surface area (Å²) in [5.41, 5.74) is 2.74. The second-order valence-electron chi connectivity index (χ2n) is 6.26. The fourth-order valence-electron chi connectivity index (χ4n) is 3.73. The lowest BCUT2D eigenvalue weighted by Gasteiger charge is -2.36. The molecule has 2 aliphatic rings. The highest BCUT2D eigenvalue weighted by atomic mass is 15.2. The molecule has 2 saturated heterocycles. The minimum Gasteiger partial charge on any atom is -0.355 e. The lowest BCUT2D eigenvalue weighted by atomic mass is 9.98. The number of aromatic nitrogens is 1. The summed E-state index contributed by atoms with van der Waals surface area (Å²) in [6, 6.07) is 6.11. The fraction of sp³-hybridized carbons (Fsp3) is 0.625. The molecule has 0 aromatic carbocycles. The van der Waals surface area contributed by atoms with Gasteiger partial charge in [-0.3, -0.25) is 0 Å². The zero-order valence-electron chi connectivity index (χ0n) is 12.5. The topological polar surface area (TPSA) is 52.0 Å². The van der Waals surface area contributed by atoms with E-state index < -0.39 is 0 Å². The van der Waals surface area contributed by atoms with Crippen molar-refractivity contribution in [3.63, 3.8) is 0 Å². The van der Waals surface area contributed by atoms with Crippen LogP contribution in [0.3, 0.4) is 0 Å². The maximum atomic E-state index is 9.42. The van der Waals surface area contributed by atoms with Crippen LogP contribution in [0.5, 0.6) is 0 Å². The van der Waals surface area contributed by atoms with Gasteiger partial charge in [-0.1, -0.05) is 0 Å². The highest BCUT2D eigenvalue weighted by Gasteiger charge is 2.36. The summed E-state index contributed by atoms with van der Waals surface area (Å²) in [5, 5.41) is 13.1. The van der Waals surface area contributed by atoms with Gasteiger partial charge in [0.05, 0.1) is 5.56 Å². The largest absolute Gasteiger partial charge is 0.355 e. The Bertz CT molecular complexity index is 548. The Labute approximate surface area is 120 Å². The summed E-state index contributed by atoms with van der Waals surface area (Å²) in [7, 11) is 2.09. The van der Waals surface area contributed by atoms with E-state index in [4.69, 9.17) is 0 Å². The Morgan fingerprint density at radius 3 is 2.55 bits per heavy atom. The lowest BCUT2D eigenvalue weighted by molar-refractivity contribution is 0.353. The molecule has 0 amide bonds. The first-order valence-corrected chi connectivity index (χ1v) is 7.45. The van der Waals surface area contributed by atoms with E-state index >= 15 is 0 Å². The number of nitrogens with zero attached hydrogens (tertiary/aromatic N) is 3. The molecule has 2 fully saturated rings. The van der Waals surface area contributed by atoms with Crippen molar-refractivity contribution >= 4 is 5.82 Å². The second-order valence-corrected chi connectivity index (χ2v) is 6.26. The second kappa shape index (κ2) is 5.06. The summed E-state index contributed by atoms with van der Waals surface area (Å²) in [6.07, 6.45) is 4.90. The molecule has 2 unspecified atom stereocenters. The third-order valence-corrected chi connectivity index (χ3v) is 4.77. The Morgan fingerprint density at radius 2 is 1.95 bits per heavy atom. The van der Waals surface area contributed by atoms with Gasteiger partial charge in [0.15, 0.2) is 0 Å². The Morgan fingerprint density at radius 1 is 1.30 bits per heavy atom. The highest BCUT2D eigenvalue weighted by molar-refractivity contribution is 5.58. The lowest BCUT2D eigenvalue weighted by Crippen LogP contribution is -2.47. The van der Waals surface area contributed by atoms with Gasteiger partial charge < -0.3 is 10.2 Å². The number of pyridine rings is 1. The van der Waals surface area contributed by atoms with Gasteiger partial charge in [-0.25, -0.2) is 4.98 Å². The number of piperidine rings is 1. The van der Waals surface area contributed by atoms with Crippen LogP contribution < -0.4 is 10.2 Å². The molecule has 2 atom stereocenters. The van der Waals surface area contributed by atoms with E-state index in [9.17, 15) is 5.26 Å². The standard InChI is InChI=1S/C16H22N4/c1-10-6-11(2)18-16(15(10)9-17)20(3)14-7-12-4-5-13(8-14)19-12/h6,12-14,19H,4-5,7-8H2,1-3H3. The molecular formula is C16H22N4. The van der Waals surface area contributed by atoms with Crippen molar-refractivity contribution in [3.8, 4) is 6.07 Å². The van der Waals surface area contributed by atoms with Crippen molar-refractivity contribution in [1.29, 1.82) is 5.26 Å². The molecule has 20 heavy (non-hydrogen) atoms. The average Bonchev–Trinajstić information content (AvgIpc) is 2.75. The molecule has 1 N–H and O–H groups in total. The predicted octanol–water partition coefficient (Wildman–Crippen LogP) is 2.29. The van der Waals surface area contributed by atoms with Crippen molar-refractivity contribution < 1.29 is 0 Å². The summed E-state index contributed by atoms with van der Waals surface area (Å²) < 4.78 is 0. The molecule has 0 aliphatic carbocycles. The predicted molar refractivity (Wildman–Crippen MR) is 79.8 cm³/mol. The van der Waals surface area contributed by atoms with E-state index in [-0.39, 0.29) is 0 Å². The maximum absolute atomic E-state index is 9.42. The van der Waals surface area contributed by atoms with Gasteiger partial charge in [-0.05, 0) is 51.2 Å². The van der Waals surface area contributed by atoms with Crippen LogP contribution in [0.4, 0.5) is 5.82 Å². The van der Waals surface area contributed by atoms with Crippen molar-refractivity contribution in [3.05, 3.63) is 22.9 Å². The SMILES string of the molecule is Cc1cc(C)c(C#N)c(N(C)C2CC3CCC(C2)N3)n1. The van der Waals surface area contributed by atoms with Gasteiger partial charge in [0.25, 0.3) is 0 Å². The fourth-order valence-corrected chi connectivity index (χ4v) is 3.73. The number of nitrogens with one attached hydrogen (secondary N) is 1. The van der Waals surface area contributed by atoms with Crippen LogP contribution in [-0.4, -0.2) is 30.2 Å². The van der Waals surface area contributed by atoms with Crippen molar-refractivity contribution in [2.24, 2.45) is 0 Å². The van der Waals surface area contributed by atoms with Crippen LogP contribution in [0.2, 0.25) is 0 Å². The normalized spacial score (nSPS) is 28.2. The zero-order valence-corrected chi connectivity index (χ0v) is 12.5. The van der Waals surface area contributed by atoms with E-state index in [1.807, 2.05) is 19.9 Å². The summed E-state index contributed by atoms with van der Waals surface area (Å²) in [4.78, 5) is 6.87. The molecule has 2 aliphatic heterocycles. The van der Waals surface area contributed by atoms with E-state index in [1.54, 1.807) is 0 Å². The van der Waals surface area contributed by atoms with Crippen molar-refractivity contribution in [2.45, 2.75) is 57.7 Å². The molecule has 106 valence electrons. The maximum Gasteiger partial charge on any atom is 0.147 e. The zero-order chi connectivity index (χ0) is 14.3. The highest BCUT2D eigenvalue weighted by Crippen LogP contribution is 2.32. The van der Waals surface area contributed by atoms with Gasteiger partial charge in [-0.2, -0.15) is 5.26 Å². The number of hydrogen-bond donors (Lipinski definition) is 1. The Kier molecular flexibility index (Phi) is 3.39. The number of rotatable bonds is 2. The summed E-state index contributed by atoms with van der Waals surface area (Å²) in [5.74, 6) is 0.858. The molecule has 0 spiro atoms. The van der Waals surface area contributed by atoms with E-state index in [2.05, 4.69) is 28.3 Å². The number of hydrogen-bond acceptors (Lipinski definition) is 4. The monoisotopic (exact) mass is 270 g/mol. The smallest absolute Gasteiger partial charge is 0.147 e. The number of nitriles is 1. The quantitative estimate of drug-likeness (QED) is 0.896. The van der Waals surface area contributed by atoms with Gasteiger partial charge in [0.1, 0.15) is 11.9 Å². The summed E-state index contributed by atoms with van der Waals surface area (Å²) >= 11 is 0. The average molecular weight is 270 g/mol. The molecule has 0 saturated carbocycles. The van der Waals surface area contributed by atoms with Crippen LogP contribution in [0, 0.1) is 25.2 Å². The van der Waals surface area contributed by atoms with Crippen LogP contribution >= 0.6 is 0 Å². The molecule has 2 bridgehead atoms. The summed E-state index contributed by atoms with van der Waals surface area (Å²) in [6.45, 7) is 3.99. The van der Waals surface area contributed by atoms with E-state index in [0.717, 1.165) is 35.5 Å². The van der Waals surface area contributed by atoms with Gasteiger partial charge in [0, 0.05) is 30.9 Å². The van der Waals surface area contributed by atoms with Crippen molar-refractivity contribution in [1.82, 2.24) is 10.3 Å². The van der Waals surface area contributed by atoms with Crippen molar-refractivity contribution in [2.75, 3.05) is 11.9 Å². The molecule has 1 aromatic heterocycles. The first-order valence-electron chi connectivity index (χ1n) is 7.45. The first-order chi connectivity index (χ1) is 9.58. The molecule has 4 heteroatoms. The molecule has 4 nitrogen and oxygen atoms in total. The molecule has 3 heterocycles. The van der Waals surface area contributed by atoms with Crippen LogP contribution in [0.1, 0.15) is 42.5 Å². The first kappa shape index (κ1) is 13.4. The van der Waals surface area contributed by atoms with Crippen LogP contribution in [0.15, 0.2) is 6.07 Å². The molecule has 3 rings (SSSR count). The third-order valence-electron chi connectivity index (χ3n) is 4.77. The van der Waals surface area contributed by atoms with Gasteiger partial charge >= 0.3 is 0 Å². The van der Waals surface area contributed by atoms with E-state index in [0.29, 0.717) is 18.1 Å². The Hall–Kier alpha value is -1.60. The number of anilines is 1. The van der Waals surface area contributed by atoms with Crippen LogP contribution in [0.25, 0.3) is 0 Å². The minimum atomic E-state index is 0.495. The molecule has 1 aromatic rings. The van der Waals surface area contributed by atoms with Gasteiger partial charge in [0.2, 0.25) is 0 Å². The minimum absolute atomic E-state index is 0.495.